The summed E-state index contributed by atoms with van der Waals surface area (Å²) in [6, 6.07) is 2.56. The van der Waals surface area contributed by atoms with Crippen molar-refractivity contribution in [2.75, 3.05) is 13.1 Å². The van der Waals surface area contributed by atoms with E-state index in [1.54, 1.807) is 12.4 Å². The lowest BCUT2D eigenvalue weighted by molar-refractivity contribution is -0.135. The Bertz CT molecular complexity index is 1100. The third-order valence-electron chi connectivity index (χ3n) is 5.78. The van der Waals surface area contributed by atoms with E-state index < -0.39 is 17.8 Å². The summed E-state index contributed by atoms with van der Waals surface area (Å²) in [6.07, 6.45) is 7.95. The molecule has 0 spiro atoms. The molecule has 2 amide bonds. The first kappa shape index (κ1) is 18.0. The Morgan fingerprint density at radius 1 is 1.07 bits per heavy atom. The van der Waals surface area contributed by atoms with E-state index in [1.807, 2.05) is 10.9 Å². The molecular formula is C20H21FN6O2. The van der Waals surface area contributed by atoms with E-state index in [4.69, 9.17) is 0 Å². The topological polar surface area (TPSA) is 93.8 Å². The average Bonchev–Trinajstić information content (AvgIpc) is 3.36. The fraction of sp³-hybridized carbons (Fsp3) is 0.400. The number of hydrogen-bond acceptors (Lipinski definition) is 5. The van der Waals surface area contributed by atoms with Gasteiger partial charge >= 0.3 is 0 Å². The number of fused-ring (bicyclic) bond motifs is 1. The van der Waals surface area contributed by atoms with Gasteiger partial charge in [-0.05, 0) is 50.0 Å². The van der Waals surface area contributed by atoms with Gasteiger partial charge in [0.15, 0.2) is 0 Å². The van der Waals surface area contributed by atoms with Crippen LogP contribution in [0.15, 0.2) is 30.7 Å². The highest BCUT2D eigenvalue weighted by atomic mass is 19.1. The molecule has 5 rings (SSSR count). The minimum atomic E-state index is -0.627. The highest BCUT2D eigenvalue weighted by Crippen LogP contribution is 2.33. The Kier molecular flexibility index (Phi) is 4.39. The van der Waals surface area contributed by atoms with Crippen LogP contribution in [0, 0.1) is 5.82 Å². The van der Waals surface area contributed by atoms with Crippen molar-refractivity contribution in [2.24, 2.45) is 0 Å². The van der Waals surface area contributed by atoms with Crippen LogP contribution in [-0.4, -0.2) is 44.5 Å². The third kappa shape index (κ3) is 3.21. The van der Waals surface area contributed by atoms with Crippen LogP contribution in [0.2, 0.25) is 0 Å². The van der Waals surface area contributed by atoms with Crippen molar-refractivity contribution in [2.45, 2.75) is 37.8 Å². The summed E-state index contributed by atoms with van der Waals surface area (Å²) in [5, 5.41) is 15.3. The first-order chi connectivity index (χ1) is 14.1. The number of carbonyl (C=O) groups is 2. The number of piperidine rings is 2. The highest BCUT2D eigenvalue weighted by Gasteiger charge is 2.30. The molecule has 8 nitrogen and oxygen atoms in total. The fourth-order valence-corrected chi connectivity index (χ4v) is 4.26. The molecule has 3 aromatic rings. The molecule has 2 saturated heterocycles. The lowest BCUT2D eigenvalue weighted by atomic mass is 10.0. The zero-order valence-electron chi connectivity index (χ0n) is 15.8. The Morgan fingerprint density at radius 3 is 2.69 bits per heavy atom. The van der Waals surface area contributed by atoms with E-state index in [0.717, 1.165) is 36.9 Å². The van der Waals surface area contributed by atoms with Gasteiger partial charge in [-0.25, -0.2) is 4.39 Å². The number of hydrogen-bond donors (Lipinski definition) is 2. The summed E-state index contributed by atoms with van der Waals surface area (Å²) in [4.78, 5) is 23.7. The van der Waals surface area contributed by atoms with E-state index >= 15 is 0 Å². The zero-order valence-corrected chi connectivity index (χ0v) is 15.8. The second-order valence-electron chi connectivity index (χ2n) is 7.63. The van der Waals surface area contributed by atoms with E-state index in [1.165, 1.54) is 16.8 Å². The number of benzene rings is 1. The van der Waals surface area contributed by atoms with Gasteiger partial charge < -0.3 is 5.32 Å². The van der Waals surface area contributed by atoms with Crippen LogP contribution >= 0.6 is 0 Å². The van der Waals surface area contributed by atoms with Gasteiger partial charge in [-0.1, -0.05) is 0 Å². The van der Waals surface area contributed by atoms with E-state index in [0.29, 0.717) is 23.5 Å². The molecule has 1 aromatic carbocycles. The molecule has 0 aliphatic carbocycles. The number of halogens is 1. The third-order valence-corrected chi connectivity index (χ3v) is 5.78. The van der Waals surface area contributed by atoms with Crippen LogP contribution < -0.4 is 10.6 Å². The lowest BCUT2D eigenvalue weighted by Gasteiger charge is -2.22. The molecule has 4 heterocycles. The van der Waals surface area contributed by atoms with Gasteiger partial charge in [0, 0.05) is 23.6 Å². The lowest BCUT2D eigenvalue weighted by Crippen LogP contribution is -2.42. The molecule has 1 unspecified atom stereocenters. The highest BCUT2D eigenvalue weighted by molar-refractivity contribution is 6.01. The molecule has 0 radical (unpaired) electrons. The standard InChI is InChI=1S/C20H21FN6O2/c21-13-7-15(12-9-23-26(11-12)14-3-5-22-6-4-14)16-10-24-27(18(16)8-13)17-1-2-19(28)25-20(17)29/h7-11,14,17,22H,1-6H2,(H,25,28,29). The molecule has 2 N–H and O–H groups in total. The Labute approximate surface area is 166 Å². The van der Waals surface area contributed by atoms with Crippen molar-refractivity contribution in [3.05, 3.63) is 36.5 Å². The monoisotopic (exact) mass is 396 g/mol. The first-order valence-electron chi connectivity index (χ1n) is 9.86. The number of aromatic nitrogens is 4. The van der Waals surface area contributed by atoms with E-state index in [9.17, 15) is 14.0 Å². The molecular weight excluding hydrogens is 375 g/mol. The first-order valence-corrected chi connectivity index (χ1v) is 9.86. The fourth-order valence-electron chi connectivity index (χ4n) is 4.26. The molecule has 2 aromatic heterocycles. The van der Waals surface area contributed by atoms with Gasteiger partial charge in [-0.15, -0.1) is 0 Å². The van der Waals surface area contributed by atoms with Crippen molar-refractivity contribution in [1.29, 1.82) is 0 Å². The number of imide groups is 1. The average molecular weight is 396 g/mol. The Morgan fingerprint density at radius 2 is 1.90 bits per heavy atom. The van der Waals surface area contributed by atoms with Crippen LogP contribution in [0.3, 0.4) is 0 Å². The van der Waals surface area contributed by atoms with Crippen molar-refractivity contribution in [3.63, 3.8) is 0 Å². The van der Waals surface area contributed by atoms with Gasteiger partial charge in [0.1, 0.15) is 11.9 Å². The maximum atomic E-state index is 14.5. The molecule has 29 heavy (non-hydrogen) atoms. The maximum Gasteiger partial charge on any atom is 0.251 e. The number of nitrogens with one attached hydrogen (secondary N) is 2. The summed E-state index contributed by atoms with van der Waals surface area (Å²) in [7, 11) is 0. The number of nitrogens with zero attached hydrogens (tertiary/aromatic N) is 4. The predicted molar refractivity (Wildman–Crippen MR) is 103 cm³/mol. The molecule has 2 aliphatic rings. The summed E-state index contributed by atoms with van der Waals surface area (Å²) in [6.45, 7) is 1.92. The van der Waals surface area contributed by atoms with Gasteiger partial charge in [-0.2, -0.15) is 10.2 Å². The van der Waals surface area contributed by atoms with Crippen LogP contribution in [0.5, 0.6) is 0 Å². The molecule has 0 bridgehead atoms. The summed E-state index contributed by atoms with van der Waals surface area (Å²) >= 11 is 0. The van der Waals surface area contributed by atoms with E-state index in [2.05, 4.69) is 20.8 Å². The zero-order chi connectivity index (χ0) is 20.0. The quantitative estimate of drug-likeness (QED) is 0.660. The second kappa shape index (κ2) is 7.07. The van der Waals surface area contributed by atoms with Gasteiger partial charge in [-0.3, -0.25) is 24.3 Å². The van der Waals surface area contributed by atoms with E-state index in [-0.39, 0.29) is 12.3 Å². The van der Waals surface area contributed by atoms with Crippen molar-refractivity contribution >= 4 is 22.7 Å². The van der Waals surface area contributed by atoms with Crippen LogP contribution in [-0.2, 0) is 9.59 Å². The maximum absolute atomic E-state index is 14.5. The predicted octanol–water partition coefficient (Wildman–Crippen LogP) is 1.94. The number of rotatable bonds is 3. The largest absolute Gasteiger partial charge is 0.317 e. The molecule has 0 saturated carbocycles. The van der Waals surface area contributed by atoms with Gasteiger partial charge in [0.25, 0.3) is 5.91 Å². The molecule has 9 heteroatoms. The normalized spacial score (nSPS) is 20.9. The van der Waals surface area contributed by atoms with Crippen molar-refractivity contribution in [3.8, 4) is 11.1 Å². The van der Waals surface area contributed by atoms with Crippen molar-refractivity contribution in [1.82, 2.24) is 30.2 Å². The van der Waals surface area contributed by atoms with Crippen LogP contribution in [0.1, 0.15) is 37.8 Å². The summed E-state index contributed by atoms with van der Waals surface area (Å²) < 4.78 is 18.0. The van der Waals surface area contributed by atoms with Crippen molar-refractivity contribution < 1.29 is 14.0 Å². The van der Waals surface area contributed by atoms with Crippen LogP contribution in [0.4, 0.5) is 4.39 Å². The smallest absolute Gasteiger partial charge is 0.251 e. The minimum Gasteiger partial charge on any atom is -0.317 e. The number of carbonyl (C=O) groups excluding carboxylic acids is 2. The Hall–Kier alpha value is -3.07. The minimum absolute atomic E-state index is 0.239. The van der Waals surface area contributed by atoms with Crippen LogP contribution in [0.25, 0.3) is 22.0 Å². The van der Waals surface area contributed by atoms with Gasteiger partial charge in [0.05, 0.1) is 24.0 Å². The summed E-state index contributed by atoms with van der Waals surface area (Å²) in [5.74, 6) is -1.10. The second-order valence-corrected chi connectivity index (χ2v) is 7.63. The van der Waals surface area contributed by atoms with Gasteiger partial charge in [0.2, 0.25) is 5.91 Å². The Balaban J connectivity index is 1.54. The number of amides is 2. The molecule has 1 atom stereocenters. The molecule has 2 fully saturated rings. The molecule has 150 valence electrons. The molecule has 2 aliphatic heterocycles. The summed E-state index contributed by atoms with van der Waals surface area (Å²) in [5.41, 5.74) is 2.04. The SMILES string of the molecule is O=C1CCC(n2ncc3c(-c4cnn(C5CCNCC5)c4)cc(F)cc32)C(=O)N1.